The Morgan fingerprint density at radius 2 is 2.08 bits per heavy atom. The largest absolute Gasteiger partial charge is 0.249 e. The van der Waals surface area contributed by atoms with Crippen LogP contribution in [0.3, 0.4) is 0 Å². The molecule has 1 aromatic carbocycles. The summed E-state index contributed by atoms with van der Waals surface area (Å²) >= 11 is 9.28. The molecule has 4 heteroatoms. The first-order valence-electron chi connectivity index (χ1n) is 3.77. The summed E-state index contributed by atoms with van der Waals surface area (Å²) in [6.45, 7) is 1.90. The van der Waals surface area contributed by atoms with Gasteiger partial charge in [0.15, 0.2) is 0 Å². The molecule has 1 aromatic heterocycles. The molecule has 0 aliphatic rings. The van der Waals surface area contributed by atoms with Crippen molar-refractivity contribution in [2.75, 3.05) is 0 Å². The Balaban J connectivity index is 2.89. The topological polar surface area (TPSA) is 25.8 Å². The van der Waals surface area contributed by atoms with Crippen LogP contribution in [0.15, 0.2) is 22.8 Å². The van der Waals surface area contributed by atoms with Crippen LogP contribution in [-0.2, 0) is 0 Å². The summed E-state index contributed by atoms with van der Waals surface area (Å²) < 4.78 is 0.744. The van der Waals surface area contributed by atoms with Crippen molar-refractivity contribution in [1.82, 2.24) is 9.97 Å². The van der Waals surface area contributed by atoms with Gasteiger partial charge in [0.25, 0.3) is 0 Å². The number of nitrogens with zero attached hydrogens (tertiary/aromatic N) is 2. The maximum Gasteiger partial charge on any atom is 0.128 e. The third-order valence-corrected chi connectivity index (χ3v) is 2.82. The van der Waals surface area contributed by atoms with Gasteiger partial charge in [-0.15, -0.1) is 0 Å². The van der Waals surface area contributed by atoms with Crippen LogP contribution < -0.4 is 0 Å². The van der Waals surface area contributed by atoms with Crippen LogP contribution in [0, 0.1) is 6.92 Å². The second-order valence-electron chi connectivity index (χ2n) is 2.71. The van der Waals surface area contributed by atoms with Gasteiger partial charge < -0.3 is 0 Å². The molecular weight excluding hydrogens is 251 g/mol. The Hall–Kier alpha value is -0.670. The lowest BCUT2D eigenvalue weighted by atomic mass is 10.3. The third-order valence-electron chi connectivity index (χ3n) is 1.76. The quantitative estimate of drug-likeness (QED) is 0.723. The van der Waals surface area contributed by atoms with Crippen molar-refractivity contribution in [3.05, 3.63) is 33.5 Å². The zero-order valence-corrected chi connectivity index (χ0v) is 9.22. The lowest BCUT2D eigenvalue weighted by Crippen LogP contribution is -1.90. The SMILES string of the molecule is Cc1nc2cccc(Cl)c2nc1Br. The lowest BCUT2D eigenvalue weighted by Gasteiger charge is -2.01. The van der Waals surface area contributed by atoms with Gasteiger partial charge in [0.05, 0.1) is 16.2 Å². The van der Waals surface area contributed by atoms with E-state index in [2.05, 4.69) is 25.9 Å². The van der Waals surface area contributed by atoms with E-state index in [-0.39, 0.29) is 0 Å². The summed E-state index contributed by atoms with van der Waals surface area (Å²) in [7, 11) is 0. The number of hydrogen-bond donors (Lipinski definition) is 0. The van der Waals surface area contributed by atoms with Crippen molar-refractivity contribution >= 4 is 38.6 Å². The smallest absolute Gasteiger partial charge is 0.128 e. The summed E-state index contributed by atoms with van der Waals surface area (Å²) in [4.78, 5) is 8.64. The average Bonchev–Trinajstić information content (AvgIpc) is 2.09. The minimum absolute atomic E-state index is 0.630. The minimum atomic E-state index is 0.630. The molecule has 2 nitrogen and oxygen atoms in total. The highest BCUT2D eigenvalue weighted by atomic mass is 79.9. The van der Waals surface area contributed by atoms with Crippen LogP contribution in [0.2, 0.25) is 5.02 Å². The van der Waals surface area contributed by atoms with Crippen LogP contribution in [-0.4, -0.2) is 9.97 Å². The van der Waals surface area contributed by atoms with Crippen LogP contribution in [0.5, 0.6) is 0 Å². The molecule has 0 radical (unpaired) electrons. The molecule has 1 heterocycles. The van der Waals surface area contributed by atoms with E-state index in [0.717, 1.165) is 21.3 Å². The molecule has 66 valence electrons. The van der Waals surface area contributed by atoms with Gasteiger partial charge in [-0.3, -0.25) is 0 Å². The molecule has 0 aliphatic heterocycles. The summed E-state index contributed by atoms with van der Waals surface area (Å²) in [5.74, 6) is 0. The molecule has 2 rings (SSSR count). The number of halogens is 2. The Morgan fingerprint density at radius 3 is 2.85 bits per heavy atom. The second kappa shape index (κ2) is 3.24. The molecule has 0 aliphatic carbocycles. The molecule has 13 heavy (non-hydrogen) atoms. The fraction of sp³-hybridized carbons (Fsp3) is 0.111. The zero-order chi connectivity index (χ0) is 9.42. The maximum atomic E-state index is 5.96. The summed E-state index contributed by atoms with van der Waals surface area (Å²) in [6, 6.07) is 5.57. The Morgan fingerprint density at radius 1 is 1.31 bits per heavy atom. The van der Waals surface area contributed by atoms with Crippen molar-refractivity contribution in [3.63, 3.8) is 0 Å². The van der Waals surface area contributed by atoms with Crippen LogP contribution >= 0.6 is 27.5 Å². The fourth-order valence-electron chi connectivity index (χ4n) is 1.11. The molecule has 0 unspecified atom stereocenters. The number of para-hydroxylation sites is 1. The van der Waals surface area contributed by atoms with Crippen molar-refractivity contribution in [2.45, 2.75) is 6.92 Å². The minimum Gasteiger partial charge on any atom is -0.249 e. The number of fused-ring (bicyclic) bond motifs is 1. The van der Waals surface area contributed by atoms with Crippen molar-refractivity contribution < 1.29 is 0 Å². The highest BCUT2D eigenvalue weighted by Crippen LogP contribution is 2.22. The monoisotopic (exact) mass is 256 g/mol. The normalized spacial score (nSPS) is 10.7. The number of aryl methyl sites for hydroxylation is 1. The predicted molar refractivity (Wildman–Crippen MR) is 57.0 cm³/mol. The highest BCUT2D eigenvalue weighted by Gasteiger charge is 2.04. The standard InChI is InChI=1S/C9H6BrClN2/c1-5-9(10)13-8-6(11)3-2-4-7(8)12-5/h2-4H,1H3. The molecule has 0 amide bonds. The molecule has 0 fully saturated rings. The van der Waals surface area contributed by atoms with Gasteiger partial charge in [0.1, 0.15) is 10.1 Å². The molecule has 0 N–H and O–H groups in total. The van der Waals surface area contributed by atoms with Gasteiger partial charge >= 0.3 is 0 Å². The van der Waals surface area contributed by atoms with E-state index in [1.807, 2.05) is 19.1 Å². The molecule has 0 saturated heterocycles. The summed E-state index contributed by atoms with van der Waals surface area (Å²) in [6.07, 6.45) is 0. The van der Waals surface area contributed by atoms with E-state index in [4.69, 9.17) is 11.6 Å². The first kappa shape index (κ1) is 8.91. The van der Waals surface area contributed by atoms with Gasteiger partial charge in [-0.25, -0.2) is 9.97 Å². The van der Waals surface area contributed by atoms with E-state index >= 15 is 0 Å². The number of rotatable bonds is 0. The Labute approximate surface area is 89.1 Å². The zero-order valence-electron chi connectivity index (χ0n) is 6.88. The Kier molecular flexibility index (Phi) is 2.22. The number of aromatic nitrogens is 2. The van der Waals surface area contributed by atoms with E-state index in [1.54, 1.807) is 6.07 Å². The summed E-state index contributed by atoms with van der Waals surface area (Å²) in [5.41, 5.74) is 2.43. The lowest BCUT2D eigenvalue weighted by molar-refractivity contribution is 1.15. The molecule has 0 atom stereocenters. The average molecular weight is 258 g/mol. The van der Waals surface area contributed by atoms with E-state index < -0.39 is 0 Å². The highest BCUT2D eigenvalue weighted by molar-refractivity contribution is 9.10. The van der Waals surface area contributed by atoms with Gasteiger partial charge in [-0.1, -0.05) is 17.7 Å². The van der Waals surface area contributed by atoms with E-state index in [1.165, 1.54) is 0 Å². The third kappa shape index (κ3) is 1.54. The maximum absolute atomic E-state index is 5.96. The second-order valence-corrected chi connectivity index (χ2v) is 3.87. The number of benzene rings is 1. The molecule has 0 saturated carbocycles. The van der Waals surface area contributed by atoms with E-state index in [0.29, 0.717) is 5.02 Å². The first-order chi connectivity index (χ1) is 6.18. The molecule has 2 aromatic rings. The van der Waals surface area contributed by atoms with Gasteiger partial charge in [0, 0.05) is 0 Å². The van der Waals surface area contributed by atoms with Crippen LogP contribution in [0.1, 0.15) is 5.69 Å². The van der Waals surface area contributed by atoms with Crippen LogP contribution in [0.25, 0.3) is 11.0 Å². The van der Waals surface area contributed by atoms with E-state index in [9.17, 15) is 0 Å². The fourth-order valence-corrected chi connectivity index (χ4v) is 1.59. The molecule has 0 spiro atoms. The van der Waals surface area contributed by atoms with Crippen molar-refractivity contribution in [3.8, 4) is 0 Å². The summed E-state index contributed by atoms with van der Waals surface area (Å²) in [5, 5.41) is 0.630. The first-order valence-corrected chi connectivity index (χ1v) is 4.94. The van der Waals surface area contributed by atoms with Crippen molar-refractivity contribution in [2.24, 2.45) is 0 Å². The van der Waals surface area contributed by atoms with Crippen LogP contribution in [0.4, 0.5) is 0 Å². The van der Waals surface area contributed by atoms with Gasteiger partial charge in [0.2, 0.25) is 0 Å². The molecule has 0 bridgehead atoms. The van der Waals surface area contributed by atoms with Gasteiger partial charge in [-0.05, 0) is 35.0 Å². The Bertz CT molecular complexity index is 470. The predicted octanol–water partition coefficient (Wildman–Crippen LogP) is 3.35. The van der Waals surface area contributed by atoms with Gasteiger partial charge in [-0.2, -0.15) is 0 Å². The van der Waals surface area contributed by atoms with Crippen molar-refractivity contribution in [1.29, 1.82) is 0 Å². The number of hydrogen-bond acceptors (Lipinski definition) is 2. The molecular formula is C9H6BrClN2.